The summed E-state index contributed by atoms with van der Waals surface area (Å²) in [4.78, 5) is 27.6. The smallest absolute Gasteiger partial charge is 0.143 e. The minimum Gasteiger partial charge on any atom is -0.392 e. The Morgan fingerprint density at radius 3 is 2.34 bits per heavy atom. The van der Waals surface area contributed by atoms with Crippen LogP contribution in [0.15, 0.2) is 40.4 Å². The van der Waals surface area contributed by atoms with Crippen LogP contribution in [0, 0.1) is 17.8 Å². The van der Waals surface area contributed by atoms with E-state index in [4.69, 9.17) is 10.5 Å². The molecule has 0 fully saturated rings. The monoisotopic (exact) mass is 510 g/mol. The molecule has 0 amide bonds. The molecule has 0 saturated heterocycles. The lowest BCUT2D eigenvalue weighted by atomic mass is 9.81. The predicted octanol–water partition coefficient (Wildman–Crippen LogP) is 4.43. The molecule has 7 nitrogen and oxygen atoms in total. The first-order chi connectivity index (χ1) is 16.4. The molecular formula is C27H46N2O5S. The Morgan fingerprint density at radius 2 is 1.80 bits per heavy atom. The van der Waals surface area contributed by atoms with Gasteiger partial charge < -0.3 is 25.5 Å². The van der Waals surface area contributed by atoms with Gasteiger partial charge in [0.25, 0.3) is 0 Å². The Labute approximate surface area is 216 Å². The first-order valence-corrected chi connectivity index (χ1v) is 13.1. The van der Waals surface area contributed by atoms with Crippen molar-refractivity contribution in [3.63, 3.8) is 0 Å². The van der Waals surface area contributed by atoms with E-state index in [0.717, 1.165) is 35.5 Å². The largest absolute Gasteiger partial charge is 0.392 e. The quantitative estimate of drug-likeness (QED) is 0.114. The first-order valence-electron chi connectivity index (χ1n) is 12.2. The number of Topliss-reactive ketones (excluding diaryl/α,β-unsaturated/α-hetero) is 1. The van der Waals surface area contributed by atoms with Crippen molar-refractivity contribution >= 4 is 28.9 Å². The average Bonchev–Trinajstić information content (AvgIpc) is 2.83. The molecule has 7 unspecified atom stereocenters. The van der Waals surface area contributed by atoms with Crippen molar-refractivity contribution in [3.8, 4) is 0 Å². The summed E-state index contributed by atoms with van der Waals surface area (Å²) < 4.78 is 5.61. The fourth-order valence-electron chi connectivity index (χ4n) is 3.81. The number of hydrogen-bond acceptors (Lipinski definition) is 8. The minimum atomic E-state index is -1.02. The van der Waals surface area contributed by atoms with Crippen LogP contribution < -0.4 is 5.73 Å². The van der Waals surface area contributed by atoms with E-state index in [1.165, 1.54) is 11.8 Å². The summed E-state index contributed by atoms with van der Waals surface area (Å²) in [6.45, 7) is 14.8. The van der Waals surface area contributed by atoms with Crippen molar-refractivity contribution in [3.05, 3.63) is 35.4 Å². The maximum absolute atomic E-state index is 12.6. The fourth-order valence-corrected chi connectivity index (χ4v) is 4.17. The Morgan fingerprint density at radius 1 is 1.17 bits per heavy atom. The van der Waals surface area contributed by atoms with Gasteiger partial charge in [-0.15, -0.1) is 0 Å². The van der Waals surface area contributed by atoms with Crippen LogP contribution in [0.4, 0.5) is 0 Å². The van der Waals surface area contributed by atoms with E-state index in [1.54, 1.807) is 32.6 Å². The van der Waals surface area contributed by atoms with E-state index in [0.29, 0.717) is 6.29 Å². The fraction of sp³-hybridized carbons (Fsp3) is 0.667. The van der Waals surface area contributed by atoms with Gasteiger partial charge in [-0.05, 0) is 56.9 Å². The highest BCUT2D eigenvalue weighted by atomic mass is 32.2. The zero-order valence-corrected chi connectivity index (χ0v) is 23.3. The second-order valence-electron chi connectivity index (χ2n) is 9.35. The zero-order valence-electron chi connectivity index (χ0n) is 22.4. The Kier molecular flexibility index (Phi) is 17.0. The standard InChI is InChI=1S/C27H46N2O5S/c1-9-35-22(7)29-16-19(4)25(28)24(34-8)15-17(2)11-10-12-18(3)26(32)21(6)27(33)20(5)23(31)13-14-30/h9,14-16,18,20-21,23-26,31-32H,1,10-13,28H2,2-8H3/b17-15-,19-16+,29-22?. The summed E-state index contributed by atoms with van der Waals surface area (Å²) in [7, 11) is 1.63. The van der Waals surface area contributed by atoms with Gasteiger partial charge in [-0.1, -0.05) is 50.8 Å². The maximum Gasteiger partial charge on any atom is 0.143 e. The Balaban J connectivity index is 4.90. The summed E-state index contributed by atoms with van der Waals surface area (Å²) >= 11 is 1.46. The summed E-state index contributed by atoms with van der Waals surface area (Å²) in [6.07, 6.45) is 4.60. The summed E-state index contributed by atoms with van der Waals surface area (Å²) in [6, 6.07) is -0.329. The van der Waals surface area contributed by atoms with Gasteiger partial charge in [0, 0.05) is 31.6 Å². The molecule has 0 aliphatic rings. The molecule has 200 valence electrons. The number of methoxy groups -OCH3 is 1. The average molecular weight is 511 g/mol. The molecule has 0 aromatic heterocycles. The lowest BCUT2D eigenvalue weighted by molar-refractivity contribution is -0.134. The minimum absolute atomic E-state index is 0.0838. The zero-order chi connectivity index (χ0) is 27.1. The highest BCUT2D eigenvalue weighted by molar-refractivity contribution is 8.16. The molecule has 0 radical (unpaired) electrons. The number of ether oxygens (including phenoxy) is 1. The molecule has 0 saturated carbocycles. The highest BCUT2D eigenvalue weighted by Gasteiger charge is 2.32. The molecule has 0 bridgehead atoms. The molecule has 0 spiro atoms. The first kappa shape index (κ1) is 33.4. The van der Waals surface area contributed by atoms with Crippen molar-refractivity contribution in [2.45, 2.75) is 91.6 Å². The molecule has 0 heterocycles. The Bertz CT molecular complexity index is 765. The third kappa shape index (κ3) is 12.3. The number of hydrogen-bond donors (Lipinski definition) is 3. The molecule has 8 heteroatoms. The van der Waals surface area contributed by atoms with Crippen LogP contribution in [0.5, 0.6) is 0 Å². The number of rotatable bonds is 17. The Hall–Kier alpha value is -1.58. The number of aliphatic imine (C=N–C) groups is 1. The van der Waals surface area contributed by atoms with Crippen molar-refractivity contribution < 1.29 is 24.5 Å². The summed E-state index contributed by atoms with van der Waals surface area (Å²) in [5, 5.41) is 23.2. The van der Waals surface area contributed by atoms with Gasteiger partial charge in [0.15, 0.2) is 0 Å². The topological polar surface area (TPSA) is 122 Å². The van der Waals surface area contributed by atoms with Crippen LogP contribution >= 0.6 is 11.8 Å². The van der Waals surface area contributed by atoms with E-state index in [2.05, 4.69) is 11.6 Å². The number of aliphatic hydroxyl groups excluding tert-OH is 2. The van der Waals surface area contributed by atoms with Crippen molar-refractivity contribution in [1.29, 1.82) is 0 Å². The van der Waals surface area contributed by atoms with E-state index in [9.17, 15) is 19.8 Å². The number of carbonyl (C=O) groups is 2. The number of aliphatic hydroxyl groups is 2. The number of aldehydes is 1. The van der Waals surface area contributed by atoms with Crippen LogP contribution in [0.3, 0.4) is 0 Å². The molecule has 35 heavy (non-hydrogen) atoms. The number of thioether (sulfide) groups is 1. The number of allylic oxidation sites excluding steroid dienone is 1. The van der Waals surface area contributed by atoms with Gasteiger partial charge >= 0.3 is 0 Å². The predicted molar refractivity (Wildman–Crippen MR) is 146 cm³/mol. The number of nitrogens with two attached hydrogens (primary N) is 1. The molecule has 0 rings (SSSR count). The van der Waals surface area contributed by atoms with E-state index < -0.39 is 24.0 Å². The van der Waals surface area contributed by atoms with E-state index in [1.807, 2.05) is 33.8 Å². The third-order valence-electron chi connectivity index (χ3n) is 6.44. The molecule has 7 atom stereocenters. The molecule has 0 aliphatic carbocycles. The van der Waals surface area contributed by atoms with E-state index >= 15 is 0 Å². The lowest BCUT2D eigenvalue weighted by Gasteiger charge is -2.27. The van der Waals surface area contributed by atoms with Crippen LogP contribution in [0.25, 0.3) is 0 Å². The van der Waals surface area contributed by atoms with E-state index in [-0.39, 0.29) is 30.3 Å². The summed E-state index contributed by atoms with van der Waals surface area (Å²) in [5.41, 5.74) is 8.43. The normalized spacial score (nSPS) is 19.3. The SMILES string of the molecule is C=CSC(C)=N/C=C(\C)C(N)C(/C=C(/C)CCCC(C)C(O)C(C)C(=O)C(C)C(O)CC=O)OC. The molecular weight excluding hydrogens is 464 g/mol. The maximum atomic E-state index is 12.6. The van der Waals surface area contributed by atoms with Gasteiger partial charge in [0.1, 0.15) is 12.1 Å². The second kappa shape index (κ2) is 17.8. The highest BCUT2D eigenvalue weighted by Crippen LogP contribution is 2.24. The lowest BCUT2D eigenvalue weighted by Crippen LogP contribution is -2.38. The second-order valence-corrected chi connectivity index (χ2v) is 10.5. The van der Waals surface area contributed by atoms with Gasteiger partial charge in [0.2, 0.25) is 0 Å². The van der Waals surface area contributed by atoms with Crippen molar-refractivity contribution in [2.24, 2.45) is 28.5 Å². The van der Waals surface area contributed by atoms with Gasteiger partial charge in [-0.3, -0.25) is 9.79 Å². The number of carbonyl (C=O) groups excluding carboxylic acids is 2. The van der Waals surface area contributed by atoms with Gasteiger partial charge in [-0.25, -0.2) is 0 Å². The van der Waals surface area contributed by atoms with Crippen LogP contribution in [-0.2, 0) is 14.3 Å². The van der Waals surface area contributed by atoms with Gasteiger partial charge in [0.05, 0.1) is 29.4 Å². The molecule has 0 aliphatic heterocycles. The van der Waals surface area contributed by atoms with Gasteiger partial charge in [-0.2, -0.15) is 0 Å². The number of nitrogens with zero attached hydrogens (tertiary/aromatic N) is 1. The van der Waals surface area contributed by atoms with Crippen LogP contribution in [-0.4, -0.2) is 58.8 Å². The molecule has 0 aromatic carbocycles. The molecule has 0 aromatic rings. The summed E-state index contributed by atoms with van der Waals surface area (Å²) in [5.74, 6) is -1.61. The van der Waals surface area contributed by atoms with Crippen LogP contribution in [0.1, 0.15) is 67.2 Å². The van der Waals surface area contributed by atoms with Crippen LogP contribution in [0.2, 0.25) is 0 Å². The van der Waals surface area contributed by atoms with Crippen molar-refractivity contribution in [2.75, 3.05) is 7.11 Å². The number of ketones is 1. The third-order valence-corrected chi connectivity index (χ3v) is 7.06. The van der Waals surface area contributed by atoms with Crippen molar-refractivity contribution in [1.82, 2.24) is 0 Å². The molecule has 4 N–H and O–H groups in total.